The van der Waals surface area contributed by atoms with Crippen LogP contribution >= 0.6 is 0 Å². The highest BCUT2D eigenvalue weighted by molar-refractivity contribution is 5.56. The highest BCUT2D eigenvalue weighted by Crippen LogP contribution is 2.45. The molecule has 0 fully saturated rings. The molecule has 0 saturated carbocycles. The molecule has 5 N–H and O–H groups in total. The quantitative estimate of drug-likeness (QED) is 0.689. The van der Waals surface area contributed by atoms with Crippen molar-refractivity contribution in [1.29, 1.82) is 0 Å². The van der Waals surface area contributed by atoms with Crippen molar-refractivity contribution in [2.24, 2.45) is 11.5 Å². The predicted octanol–water partition coefficient (Wildman–Crippen LogP) is 4.95. The van der Waals surface area contributed by atoms with Crippen molar-refractivity contribution >= 4 is 0 Å². The summed E-state index contributed by atoms with van der Waals surface area (Å²) >= 11 is 0. The van der Waals surface area contributed by atoms with E-state index in [9.17, 15) is 5.11 Å². The van der Waals surface area contributed by atoms with Crippen LogP contribution in [0.2, 0.25) is 0 Å². The number of nitrogens with two attached hydrogens (primary N) is 2. The summed E-state index contributed by atoms with van der Waals surface area (Å²) in [5.74, 6) is 0.351. The van der Waals surface area contributed by atoms with Gasteiger partial charge in [0.05, 0.1) is 0 Å². The molecule has 0 aliphatic carbocycles. The molecule has 0 spiro atoms. The Hall–Kier alpha value is -1.06. The van der Waals surface area contributed by atoms with E-state index in [-0.39, 0.29) is 5.41 Å². The predicted molar refractivity (Wildman–Crippen MR) is 104 cm³/mol. The van der Waals surface area contributed by atoms with Crippen LogP contribution in [0.3, 0.4) is 0 Å². The van der Waals surface area contributed by atoms with Gasteiger partial charge in [-0.1, -0.05) is 48.5 Å². The van der Waals surface area contributed by atoms with Gasteiger partial charge in [0.25, 0.3) is 0 Å². The van der Waals surface area contributed by atoms with Crippen molar-refractivity contribution in [3.8, 4) is 5.75 Å². The van der Waals surface area contributed by atoms with E-state index in [1.165, 1.54) is 0 Å². The van der Waals surface area contributed by atoms with Crippen molar-refractivity contribution in [2.75, 3.05) is 0 Å². The third-order valence-electron chi connectivity index (χ3n) is 5.91. The van der Waals surface area contributed by atoms with Crippen LogP contribution in [-0.4, -0.2) is 5.11 Å². The summed E-state index contributed by atoms with van der Waals surface area (Å²) in [7, 11) is 0. The van der Waals surface area contributed by atoms with Gasteiger partial charge in [-0.05, 0) is 55.2 Å². The summed E-state index contributed by atoms with van der Waals surface area (Å²) in [4.78, 5) is 0. The second kappa shape index (κ2) is 7.05. The number of phenols is 1. The van der Waals surface area contributed by atoms with Gasteiger partial charge in [-0.15, -0.1) is 0 Å². The SMILES string of the molecule is CCC(N)(CC)c1cc(C(N)(CC)CC)c(O)c(C(C)(C)C)c1C. The number of rotatable bonds is 6. The van der Waals surface area contributed by atoms with Gasteiger partial charge in [-0.2, -0.15) is 0 Å². The maximum atomic E-state index is 11.1. The Labute approximate surface area is 148 Å². The molecule has 0 amide bonds. The van der Waals surface area contributed by atoms with Crippen molar-refractivity contribution in [2.45, 2.75) is 97.6 Å². The Bertz CT molecular complexity index is 534. The van der Waals surface area contributed by atoms with Crippen molar-refractivity contribution in [3.63, 3.8) is 0 Å². The number of hydrogen-bond acceptors (Lipinski definition) is 3. The molecule has 24 heavy (non-hydrogen) atoms. The zero-order chi connectivity index (χ0) is 18.9. The summed E-state index contributed by atoms with van der Waals surface area (Å²) in [6.07, 6.45) is 3.26. The number of aromatic hydroxyl groups is 1. The molecule has 1 rings (SSSR count). The molecule has 0 radical (unpaired) electrons. The normalized spacial score (nSPS) is 13.4. The van der Waals surface area contributed by atoms with E-state index in [0.29, 0.717) is 5.75 Å². The summed E-state index contributed by atoms with van der Waals surface area (Å²) in [6.45, 7) is 16.9. The van der Waals surface area contributed by atoms with E-state index in [2.05, 4.69) is 61.5 Å². The minimum absolute atomic E-state index is 0.177. The average Bonchev–Trinajstić information content (AvgIpc) is 2.52. The van der Waals surface area contributed by atoms with E-state index < -0.39 is 11.1 Å². The van der Waals surface area contributed by atoms with Gasteiger partial charge in [0, 0.05) is 22.2 Å². The zero-order valence-electron chi connectivity index (χ0n) is 17.0. The molecule has 0 aromatic heterocycles. The first-order chi connectivity index (χ1) is 10.9. The second-order valence-electron chi connectivity index (χ2n) is 8.30. The van der Waals surface area contributed by atoms with Crippen LogP contribution in [0, 0.1) is 6.92 Å². The Morgan fingerprint density at radius 3 is 1.54 bits per heavy atom. The van der Waals surface area contributed by atoms with Gasteiger partial charge in [-0.3, -0.25) is 0 Å². The smallest absolute Gasteiger partial charge is 0.124 e. The van der Waals surface area contributed by atoms with Crippen molar-refractivity contribution in [1.82, 2.24) is 0 Å². The summed E-state index contributed by atoms with van der Waals surface area (Å²) < 4.78 is 0. The Balaban J connectivity index is 3.95. The van der Waals surface area contributed by atoms with Crippen LogP contribution < -0.4 is 11.5 Å². The third kappa shape index (κ3) is 3.48. The molecule has 0 bridgehead atoms. The molecule has 0 unspecified atom stereocenters. The van der Waals surface area contributed by atoms with Crippen LogP contribution in [0.5, 0.6) is 5.75 Å². The minimum atomic E-state index is -0.533. The topological polar surface area (TPSA) is 72.3 Å². The van der Waals surface area contributed by atoms with Gasteiger partial charge in [-0.25, -0.2) is 0 Å². The van der Waals surface area contributed by atoms with E-state index in [4.69, 9.17) is 11.5 Å². The average molecular weight is 335 g/mol. The molecule has 3 nitrogen and oxygen atoms in total. The van der Waals surface area contributed by atoms with Crippen molar-refractivity contribution in [3.05, 3.63) is 28.3 Å². The van der Waals surface area contributed by atoms with E-state index in [1.54, 1.807) is 0 Å². The maximum Gasteiger partial charge on any atom is 0.124 e. The molecular weight excluding hydrogens is 296 g/mol. The van der Waals surface area contributed by atoms with E-state index in [0.717, 1.165) is 47.9 Å². The first-order valence-corrected chi connectivity index (χ1v) is 9.37. The second-order valence-corrected chi connectivity index (χ2v) is 8.30. The number of hydrogen-bond donors (Lipinski definition) is 3. The first-order valence-electron chi connectivity index (χ1n) is 9.37. The fourth-order valence-electron chi connectivity index (χ4n) is 3.84. The molecule has 1 aromatic carbocycles. The van der Waals surface area contributed by atoms with Crippen LogP contribution in [0.4, 0.5) is 0 Å². The molecule has 3 heteroatoms. The highest BCUT2D eigenvalue weighted by atomic mass is 16.3. The zero-order valence-corrected chi connectivity index (χ0v) is 17.0. The highest BCUT2D eigenvalue weighted by Gasteiger charge is 2.36. The van der Waals surface area contributed by atoms with E-state index in [1.807, 2.05) is 0 Å². The summed E-state index contributed by atoms with van der Waals surface area (Å²) in [5, 5.41) is 11.1. The maximum absolute atomic E-state index is 11.1. The minimum Gasteiger partial charge on any atom is -0.507 e. The molecule has 0 aliphatic rings. The lowest BCUT2D eigenvalue weighted by molar-refractivity contribution is 0.363. The molecule has 0 atom stereocenters. The standard InChI is InChI=1S/C21H38N2O/c1-9-20(22,10-2)15-13-16(21(23,11-3)12-4)18(24)17(14(15)5)19(6,7)8/h13,24H,9-12,22-23H2,1-8H3. The van der Waals surface area contributed by atoms with Crippen LogP contribution in [-0.2, 0) is 16.5 Å². The number of phenolic OH excluding ortho intramolecular Hbond substituents is 1. The number of benzene rings is 1. The van der Waals surface area contributed by atoms with Crippen LogP contribution in [0.15, 0.2) is 6.07 Å². The first kappa shape index (κ1) is 21.0. The molecule has 1 aromatic rings. The molecule has 0 aliphatic heterocycles. The molecule has 0 saturated heterocycles. The third-order valence-corrected chi connectivity index (χ3v) is 5.91. The lowest BCUT2D eigenvalue weighted by Gasteiger charge is -2.37. The lowest BCUT2D eigenvalue weighted by Crippen LogP contribution is -2.39. The van der Waals surface area contributed by atoms with Gasteiger partial charge < -0.3 is 16.6 Å². The molecular formula is C21H38N2O. The van der Waals surface area contributed by atoms with Crippen LogP contribution in [0.1, 0.15) is 96.4 Å². The van der Waals surface area contributed by atoms with Crippen LogP contribution in [0.25, 0.3) is 0 Å². The summed E-state index contributed by atoms with van der Waals surface area (Å²) in [6, 6.07) is 2.08. The Morgan fingerprint density at radius 1 is 0.833 bits per heavy atom. The fraction of sp³-hybridized carbons (Fsp3) is 0.714. The monoisotopic (exact) mass is 334 g/mol. The Kier molecular flexibility index (Phi) is 6.16. The van der Waals surface area contributed by atoms with Crippen molar-refractivity contribution < 1.29 is 5.11 Å². The van der Waals surface area contributed by atoms with E-state index >= 15 is 0 Å². The van der Waals surface area contributed by atoms with Gasteiger partial charge in [0.1, 0.15) is 5.75 Å². The summed E-state index contributed by atoms with van der Waals surface area (Å²) in [5.41, 5.74) is 16.4. The fourth-order valence-corrected chi connectivity index (χ4v) is 3.84. The largest absolute Gasteiger partial charge is 0.507 e. The van der Waals surface area contributed by atoms with Gasteiger partial charge in [0.2, 0.25) is 0 Å². The van der Waals surface area contributed by atoms with Gasteiger partial charge in [0.15, 0.2) is 0 Å². The molecule has 0 heterocycles. The lowest BCUT2D eigenvalue weighted by atomic mass is 9.72. The Morgan fingerprint density at radius 2 is 1.21 bits per heavy atom. The van der Waals surface area contributed by atoms with Gasteiger partial charge >= 0.3 is 0 Å². The molecule has 138 valence electrons.